The lowest BCUT2D eigenvalue weighted by molar-refractivity contribution is -0.142. The van der Waals surface area contributed by atoms with Crippen LogP contribution in [-0.4, -0.2) is 30.6 Å². The molecule has 3 rings (SSSR count). The highest BCUT2D eigenvalue weighted by atomic mass is 79.9. The number of carbonyl (C=O) groups excluding carboxylic acids is 1. The van der Waals surface area contributed by atoms with Crippen molar-refractivity contribution in [3.63, 3.8) is 0 Å². The fourth-order valence-corrected chi connectivity index (χ4v) is 3.45. The predicted molar refractivity (Wildman–Crippen MR) is 86.4 cm³/mol. The van der Waals surface area contributed by atoms with Gasteiger partial charge in [0.15, 0.2) is 0 Å². The highest BCUT2D eigenvalue weighted by Gasteiger charge is 2.31. The molecule has 0 saturated carbocycles. The van der Waals surface area contributed by atoms with Gasteiger partial charge in [-0.3, -0.25) is 0 Å². The topological polar surface area (TPSA) is 42.4 Å². The Morgan fingerprint density at radius 1 is 1.33 bits per heavy atom. The second-order valence-corrected chi connectivity index (χ2v) is 6.05. The van der Waals surface area contributed by atoms with Crippen molar-refractivity contribution in [2.75, 3.05) is 18.6 Å². The molecule has 1 aromatic carbocycles. The molecule has 0 amide bonds. The number of ether oxygens (including phenoxy) is 1. The van der Waals surface area contributed by atoms with E-state index in [1.165, 1.54) is 7.11 Å². The summed E-state index contributed by atoms with van der Waals surface area (Å²) >= 11 is 3.57. The van der Waals surface area contributed by atoms with Gasteiger partial charge in [-0.15, -0.1) is 0 Å². The second kappa shape index (κ2) is 6.02. The summed E-state index contributed by atoms with van der Waals surface area (Å²) in [5, 5.41) is 2.17. The van der Waals surface area contributed by atoms with Crippen molar-refractivity contribution in [1.29, 1.82) is 0 Å². The van der Waals surface area contributed by atoms with Gasteiger partial charge >= 0.3 is 5.97 Å². The number of pyridine rings is 1. The minimum atomic E-state index is -0.235. The Labute approximate surface area is 132 Å². The van der Waals surface area contributed by atoms with Gasteiger partial charge in [0.05, 0.1) is 7.11 Å². The molecular weight excluding hydrogens is 332 g/mol. The lowest BCUT2D eigenvalue weighted by Crippen LogP contribution is -2.45. The van der Waals surface area contributed by atoms with Gasteiger partial charge in [0.25, 0.3) is 0 Å². The van der Waals surface area contributed by atoms with Gasteiger partial charge in [-0.1, -0.05) is 28.1 Å². The molecule has 0 radical (unpaired) electrons. The number of hydrogen-bond donors (Lipinski definition) is 0. The Balaban J connectivity index is 2.09. The molecule has 110 valence electrons. The molecule has 2 heterocycles. The third-order valence-corrected chi connectivity index (χ3v) is 4.67. The van der Waals surface area contributed by atoms with E-state index < -0.39 is 0 Å². The SMILES string of the molecule is COC(=O)C1CCCCN1c1nccc2c(Br)cccc12. The minimum Gasteiger partial charge on any atom is -0.467 e. The van der Waals surface area contributed by atoms with Crippen LogP contribution in [0.3, 0.4) is 0 Å². The van der Waals surface area contributed by atoms with E-state index in [0.717, 1.165) is 46.9 Å². The number of aromatic nitrogens is 1. The van der Waals surface area contributed by atoms with Crippen molar-refractivity contribution in [1.82, 2.24) is 4.98 Å². The summed E-state index contributed by atoms with van der Waals surface area (Å²) < 4.78 is 6.00. The maximum Gasteiger partial charge on any atom is 0.328 e. The summed E-state index contributed by atoms with van der Waals surface area (Å²) in [6, 6.07) is 7.81. The smallest absolute Gasteiger partial charge is 0.328 e. The maximum absolute atomic E-state index is 12.1. The summed E-state index contributed by atoms with van der Waals surface area (Å²) in [7, 11) is 1.45. The van der Waals surface area contributed by atoms with Crippen LogP contribution in [0, 0.1) is 0 Å². The van der Waals surface area contributed by atoms with Crippen molar-refractivity contribution in [2.45, 2.75) is 25.3 Å². The van der Waals surface area contributed by atoms with E-state index in [1.807, 2.05) is 24.3 Å². The zero-order valence-corrected chi connectivity index (χ0v) is 13.5. The van der Waals surface area contributed by atoms with E-state index in [0.29, 0.717) is 0 Å². The number of hydrogen-bond acceptors (Lipinski definition) is 4. The predicted octanol–water partition coefficient (Wildman–Crippen LogP) is 3.53. The van der Waals surface area contributed by atoms with Crippen molar-refractivity contribution < 1.29 is 9.53 Å². The molecule has 1 fully saturated rings. The fourth-order valence-electron chi connectivity index (χ4n) is 2.95. The zero-order valence-electron chi connectivity index (χ0n) is 11.9. The van der Waals surface area contributed by atoms with E-state index in [2.05, 4.69) is 25.8 Å². The van der Waals surface area contributed by atoms with Crippen molar-refractivity contribution in [3.05, 3.63) is 34.9 Å². The number of benzene rings is 1. The van der Waals surface area contributed by atoms with Gasteiger partial charge in [0.1, 0.15) is 11.9 Å². The molecule has 0 spiro atoms. The number of fused-ring (bicyclic) bond motifs is 1. The molecule has 2 aromatic rings. The molecule has 1 aliphatic heterocycles. The molecule has 0 N–H and O–H groups in total. The van der Waals surface area contributed by atoms with Gasteiger partial charge < -0.3 is 9.64 Å². The van der Waals surface area contributed by atoms with E-state index in [9.17, 15) is 4.79 Å². The summed E-state index contributed by atoms with van der Waals surface area (Å²) in [4.78, 5) is 18.7. The Hall–Kier alpha value is -1.62. The van der Waals surface area contributed by atoms with Gasteiger partial charge in [-0.05, 0) is 31.4 Å². The molecule has 1 aliphatic rings. The largest absolute Gasteiger partial charge is 0.467 e. The number of piperidine rings is 1. The number of halogens is 1. The first kappa shape index (κ1) is 14.3. The average Bonchev–Trinajstić information content (AvgIpc) is 2.54. The number of nitrogens with zero attached hydrogens (tertiary/aromatic N) is 2. The van der Waals surface area contributed by atoms with Gasteiger partial charge in [0.2, 0.25) is 0 Å². The van der Waals surface area contributed by atoms with Crippen LogP contribution in [0.1, 0.15) is 19.3 Å². The second-order valence-electron chi connectivity index (χ2n) is 5.20. The average molecular weight is 349 g/mol. The van der Waals surface area contributed by atoms with E-state index in [1.54, 1.807) is 6.20 Å². The first-order valence-electron chi connectivity index (χ1n) is 7.10. The number of anilines is 1. The van der Waals surface area contributed by atoms with E-state index in [-0.39, 0.29) is 12.0 Å². The number of methoxy groups -OCH3 is 1. The molecule has 5 heteroatoms. The molecule has 4 nitrogen and oxygen atoms in total. The molecule has 0 bridgehead atoms. The highest BCUT2D eigenvalue weighted by molar-refractivity contribution is 9.10. The van der Waals surface area contributed by atoms with Crippen LogP contribution in [0.25, 0.3) is 10.8 Å². The number of rotatable bonds is 2. The minimum absolute atomic E-state index is 0.177. The summed E-state index contributed by atoms with van der Waals surface area (Å²) in [5.74, 6) is 0.687. The Kier molecular flexibility index (Phi) is 4.10. The normalized spacial score (nSPS) is 18.8. The van der Waals surface area contributed by atoms with Gasteiger partial charge in [-0.2, -0.15) is 0 Å². The third kappa shape index (κ3) is 2.62. The Morgan fingerprint density at radius 3 is 3.00 bits per heavy atom. The highest BCUT2D eigenvalue weighted by Crippen LogP contribution is 2.33. The van der Waals surface area contributed by atoms with Crippen LogP contribution in [0.4, 0.5) is 5.82 Å². The molecule has 21 heavy (non-hydrogen) atoms. The molecule has 1 atom stereocenters. The van der Waals surface area contributed by atoms with E-state index >= 15 is 0 Å². The number of esters is 1. The third-order valence-electron chi connectivity index (χ3n) is 3.98. The molecule has 1 saturated heterocycles. The van der Waals surface area contributed by atoms with Crippen LogP contribution in [0.5, 0.6) is 0 Å². The standard InChI is InChI=1S/C16H17BrN2O2/c1-21-16(20)14-7-2-3-10-19(14)15-12-5-4-6-13(17)11(12)8-9-18-15/h4-6,8-9,14H,2-3,7,10H2,1H3. The first-order chi connectivity index (χ1) is 10.2. The van der Waals surface area contributed by atoms with Crippen LogP contribution in [0.2, 0.25) is 0 Å². The summed E-state index contributed by atoms with van der Waals surface area (Å²) in [6.45, 7) is 0.832. The Bertz CT molecular complexity index is 674. The fraction of sp³-hybridized carbons (Fsp3) is 0.375. The van der Waals surface area contributed by atoms with Crippen LogP contribution in [0.15, 0.2) is 34.9 Å². The molecule has 0 aliphatic carbocycles. The van der Waals surface area contributed by atoms with Crippen LogP contribution >= 0.6 is 15.9 Å². The van der Waals surface area contributed by atoms with Crippen molar-refractivity contribution >= 4 is 38.5 Å². The van der Waals surface area contributed by atoms with Crippen molar-refractivity contribution in [2.24, 2.45) is 0 Å². The van der Waals surface area contributed by atoms with Crippen LogP contribution in [-0.2, 0) is 9.53 Å². The lowest BCUT2D eigenvalue weighted by atomic mass is 10.0. The first-order valence-corrected chi connectivity index (χ1v) is 7.89. The quantitative estimate of drug-likeness (QED) is 0.778. The summed E-state index contributed by atoms with van der Waals surface area (Å²) in [6.07, 6.45) is 4.73. The van der Waals surface area contributed by atoms with Gasteiger partial charge in [-0.25, -0.2) is 9.78 Å². The molecular formula is C16H17BrN2O2. The van der Waals surface area contributed by atoms with Crippen LogP contribution < -0.4 is 4.90 Å². The maximum atomic E-state index is 12.1. The summed E-state index contributed by atoms with van der Waals surface area (Å²) in [5.41, 5.74) is 0. The molecule has 1 aromatic heterocycles. The van der Waals surface area contributed by atoms with Crippen molar-refractivity contribution in [3.8, 4) is 0 Å². The monoisotopic (exact) mass is 348 g/mol. The van der Waals surface area contributed by atoms with Gasteiger partial charge in [0, 0.05) is 28.0 Å². The van der Waals surface area contributed by atoms with E-state index in [4.69, 9.17) is 4.74 Å². The Morgan fingerprint density at radius 2 is 2.19 bits per heavy atom. The lowest BCUT2D eigenvalue weighted by Gasteiger charge is -2.35. The zero-order chi connectivity index (χ0) is 14.8. The molecule has 1 unspecified atom stereocenters. The number of carbonyl (C=O) groups is 1.